The number of piperidine rings is 1. The van der Waals surface area contributed by atoms with Gasteiger partial charge >= 0.3 is 0 Å². The smallest absolute Gasteiger partial charge is 0.0695 e. The van der Waals surface area contributed by atoms with E-state index in [-0.39, 0.29) is 6.10 Å². The van der Waals surface area contributed by atoms with E-state index in [0.29, 0.717) is 12.1 Å². The molecule has 0 spiro atoms. The first-order chi connectivity index (χ1) is 6.27. The minimum absolute atomic E-state index is 0.0747. The maximum absolute atomic E-state index is 9.73. The van der Waals surface area contributed by atoms with Crippen molar-refractivity contribution in [1.82, 2.24) is 4.90 Å². The predicted octanol–water partition coefficient (Wildman–Crippen LogP) is 0.323. The standard InChI is InChI=1S/C10H20N2O/c11-8-4-6-12(7-5-8)9-2-1-3-10(9)13/h8-10,13H,1-7,11H2/t9-,10-/m0/s1. The lowest BCUT2D eigenvalue weighted by Gasteiger charge is -2.36. The van der Waals surface area contributed by atoms with Gasteiger partial charge in [-0.2, -0.15) is 0 Å². The van der Waals surface area contributed by atoms with Crippen molar-refractivity contribution in [3.8, 4) is 0 Å². The maximum atomic E-state index is 9.73. The largest absolute Gasteiger partial charge is 0.391 e. The van der Waals surface area contributed by atoms with Crippen LogP contribution in [0.3, 0.4) is 0 Å². The third-order valence-electron chi connectivity index (χ3n) is 3.49. The zero-order chi connectivity index (χ0) is 9.26. The van der Waals surface area contributed by atoms with Gasteiger partial charge in [-0.25, -0.2) is 0 Å². The van der Waals surface area contributed by atoms with Crippen LogP contribution in [-0.2, 0) is 0 Å². The molecule has 1 heterocycles. The summed E-state index contributed by atoms with van der Waals surface area (Å²) in [5.74, 6) is 0. The predicted molar refractivity (Wildman–Crippen MR) is 52.4 cm³/mol. The molecule has 1 saturated carbocycles. The van der Waals surface area contributed by atoms with Crippen molar-refractivity contribution < 1.29 is 5.11 Å². The number of nitrogens with two attached hydrogens (primary N) is 1. The average Bonchev–Trinajstić information content (AvgIpc) is 2.53. The van der Waals surface area contributed by atoms with Crippen LogP contribution in [-0.4, -0.2) is 41.3 Å². The first-order valence-electron chi connectivity index (χ1n) is 5.45. The molecule has 0 bridgehead atoms. The highest BCUT2D eigenvalue weighted by Gasteiger charge is 2.32. The molecule has 0 unspecified atom stereocenters. The first kappa shape index (κ1) is 9.44. The van der Waals surface area contributed by atoms with E-state index in [1.807, 2.05) is 0 Å². The fourth-order valence-electron chi connectivity index (χ4n) is 2.60. The van der Waals surface area contributed by atoms with E-state index in [2.05, 4.69) is 4.90 Å². The van der Waals surface area contributed by atoms with Crippen LogP contribution >= 0.6 is 0 Å². The molecule has 13 heavy (non-hydrogen) atoms. The second kappa shape index (κ2) is 3.95. The highest BCUT2D eigenvalue weighted by molar-refractivity contribution is 4.88. The van der Waals surface area contributed by atoms with Crippen LogP contribution in [0.1, 0.15) is 32.1 Å². The Morgan fingerprint density at radius 1 is 1.08 bits per heavy atom. The zero-order valence-corrected chi connectivity index (χ0v) is 8.15. The lowest BCUT2D eigenvalue weighted by atomic mass is 10.0. The summed E-state index contributed by atoms with van der Waals surface area (Å²) >= 11 is 0. The second-order valence-corrected chi connectivity index (χ2v) is 4.44. The van der Waals surface area contributed by atoms with Crippen molar-refractivity contribution in [2.75, 3.05) is 13.1 Å². The minimum atomic E-state index is -0.0747. The van der Waals surface area contributed by atoms with Gasteiger partial charge in [0.15, 0.2) is 0 Å². The number of rotatable bonds is 1. The topological polar surface area (TPSA) is 49.5 Å². The van der Waals surface area contributed by atoms with Crippen LogP contribution in [0.5, 0.6) is 0 Å². The van der Waals surface area contributed by atoms with E-state index in [1.165, 1.54) is 12.8 Å². The van der Waals surface area contributed by atoms with Crippen LogP contribution in [0, 0.1) is 0 Å². The average molecular weight is 184 g/mol. The van der Waals surface area contributed by atoms with Crippen LogP contribution in [0.25, 0.3) is 0 Å². The van der Waals surface area contributed by atoms with Crippen LogP contribution < -0.4 is 5.73 Å². The number of hydrogen-bond acceptors (Lipinski definition) is 3. The van der Waals surface area contributed by atoms with Gasteiger partial charge in [0, 0.05) is 25.2 Å². The molecule has 3 heteroatoms. The van der Waals surface area contributed by atoms with Gasteiger partial charge in [-0.05, 0) is 32.1 Å². The van der Waals surface area contributed by atoms with Gasteiger partial charge < -0.3 is 10.8 Å². The Kier molecular flexibility index (Phi) is 2.86. The SMILES string of the molecule is NC1CCN([C@H]2CCC[C@@H]2O)CC1. The van der Waals surface area contributed by atoms with E-state index in [0.717, 1.165) is 32.4 Å². The fraction of sp³-hybridized carbons (Fsp3) is 1.00. The number of aliphatic hydroxyl groups is 1. The molecular weight excluding hydrogens is 164 g/mol. The number of likely N-dealkylation sites (tertiary alicyclic amines) is 1. The first-order valence-corrected chi connectivity index (χ1v) is 5.45. The Hall–Kier alpha value is -0.120. The molecule has 3 nitrogen and oxygen atoms in total. The Labute approximate surface area is 79.9 Å². The van der Waals surface area contributed by atoms with E-state index in [4.69, 9.17) is 5.73 Å². The molecule has 2 atom stereocenters. The summed E-state index contributed by atoms with van der Waals surface area (Å²) in [4.78, 5) is 2.43. The van der Waals surface area contributed by atoms with Gasteiger partial charge in [-0.3, -0.25) is 4.90 Å². The summed E-state index contributed by atoms with van der Waals surface area (Å²) in [6.45, 7) is 2.17. The zero-order valence-electron chi connectivity index (χ0n) is 8.15. The van der Waals surface area contributed by atoms with Gasteiger partial charge in [-0.15, -0.1) is 0 Å². The third-order valence-corrected chi connectivity index (χ3v) is 3.49. The lowest BCUT2D eigenvalue weighted by molar-refractivity contribution is 0.0557. The summed E-state index contributed by atoms with van der Waals surface area (Å²) in [6, 6.07) is 0.835. The van der Waals surface area contributed by atoms with Gasteiger partial charge in [-0.1, -0.05) is 0 Å². The minimum Gasteiger partial charge on any atom is -0.391 e. The van der Waals surface area contributed by atoms with Crippen LogP contribution in [0.2, 0.25) is 0 Å². The molecule has 1 aliphatic carbocycles. The van der Waals surface area contributed by atoms with Crippen molar-refractivity contribution in [3.63, 3.8) is 0 Å². The second-order valence-electron chi connectivity index (χ2n) is 4.44. The molecular formula is C10H20N2O. The number of hydrogen-bond donors (Lipinski definition) is 2. The van der Waals surface area contributed by atoms with E-state index < -0.39 is 0 Å². The Balaban J connectivity index is 1.86. The summed E-state index contributed by atoms with van der Waals surface area (Å²) in [7, 11) is 0. The van der Waals surface area contributed by atoms with Crippen molar-refractivity contribution in [3.05, 3.63) is 0 Å². The van der Waals surface area contributed by atoms with E-state index >= 15 is 0 Å². The van der Waals surface area contributed by atoms with Gasteiger partial charge in [0.2, 0.25) is 0 Å². The van der Waals surface area contributed by atoms with Crippen molar-refractivity contribution in [1.29, 1.82) is 0 Å². The number of aliphatic hydroxyl groups excluding tert-OH is 1. The monoisotopic (exact) mass is 184 g/mol. The van der Waals surface area contributed by atoms with Crippen LogP contribution in [0.15, 0.2) is 0 Å². The van der Waals surface area contributed by atoms with E-state index in [1.54, 1.807) is 0 Å². The molecule has 3 N–H and O–H groups in total. The Morgan fingerprint density at radius 2 is 1.77 bits per heavy atom. The van der Waals surface area contributed by atoms with Gasteiger partial charge in [0.05, 0.1) is 6.10 Å². The highest BCUT2D eigenvalue weighted by Crippen LogP contribution is 2.26. The Morgan fingerprint density at radius 3 is 2.31 bits per heavy atom. The molecule has 0 aromatic rings. The molecule has 1 aliphatic heterocycles. The summed E-state index contributed by atoms with van der Waals surface area (Å²) in [6.07, 6.45) is 5.49. The summed E-state index contributed by atoms with van der Waals surface area (Å²) in [5.41, 5.74) is 5.84. The van der Waals surface area contributed by atoms with Gasteiger partial charge in [0.25, 0.3) is 0 Å². The van der Waals surface area contributed by atoms with Crippen molar-refractivity contribution in [2.24, 2.45) is 5.73 Å². The molecule has 0 amide bonds. The highest BCUT2D eigenvalue weighted by atomic mass is 16.3. The molecule has 0 aromatic carbocycles. The Bertz CT molecular complexity index is 166. The van der Waals surface area contributed by atoms with Crippen molar-refractivity contribution in [2.45, 2.75) is 50.3 Å². The summed E-state index contributed by atoms with van der Waals surface area (Å²) < 4.78 is 0. The molecule has 76 valence electrons. The lowest BCUT2D eigenvalue weighted by Crippen LogP contribution is -2.47. The molecule has 2 rings (SSSR count). The van der Waals surface area contributed by atoms with Gasteiger partial charge in [0.1, 0.15) is 0 Å². The third kappa shape index (κ3) is 2.03. The number of nitrogens with zero attached hydrogens (tertiary/aromatic N) is 1. The molecule has 1 saturated heterocycles. The van der Waals surface area contributed by atoms with Crippen LogP contribution in [0.4, 0.5) is 0 Å². The van der Waals surface area contributed by atoms with E-state index in [9.17, 15) is 5.11 Å². The quantitative estimate of drug-likeness (QED) is 0.617. The molecule has 0 radical (unpaired) electrons. The molecule has 2 aliphatic rings. The summed E-state index contributed by atoms with van der Waals surface area (Å²) in [5, 5.41) is 9.73. The normalized spacial score (nSPS) is 38.3. The maximum Gasteiger partial charge on any atom is 0.0695 e. The fourth-order valence-corrected chi connectivity index (χ4v) is 2.60. The van der Waals surface area contributed by atoms with Crippen molar-refractivity contribution >= 4 is 0 Å². The molecule has 0 aromatic heterocycles. The molecule has 2 fully saturated rings.